The number of nitrogens with one attached hydrogen (secondary N) is 2. The van der Waals surface area contributed by atoms with Crippen LogP contribution in [-0.4, -0.2) is 34.8 Å². The molecule has 0 atom stereocenters. The van der Waals surface area contributed by atoms with E-state index in [9.17, 15) is 14.4 Å². The van der Waals surface area contributed by atoms with Crippen molar-refractivity contribution in [1.29, 1.82) is 0 Å². The van der Waals surface area contributed by atoms with Crippen LogP contribution in [-0.2, 0) is 14.4 Å². The summed E-state index contributed by atoms with van der Waals surface area (Å²) in [6, 6.07) is 8.94. The number of methoxy groups -OCH3 is 1. The predicted octanol–water partition coefficient (Wildman–Crippen LogP) is 1.57. The maximum atomic E-state index is 11.6. The molecule has 0 aliphatic carbocycles. The van der Waals surface area contributed by atoms with Crippen LogP contribution in [0, 0.1) is 0 Å². The molecule has 22 heavy (non-hydrogen) atoms. The highest BCUT2D eigenvalue weighted by molar-refractivity contribution is 6.39. The molecule has 1 amide bonds. The van der Waals surface area contributed by atoms with Crippen molar-refractivity contribution in [3.05, 3.63) is 30.3 Å². The summed E-state index contributed by atoms with van der Waals surface area (Å²) >= 11 is 0. The number of anilines is 1. The zero-order valence-corrected chi connectivity index (χ0v) is 12.2. The molecule has 0 radical (unpaired) electrons. The van der Waals surface area contributed by atoms with Crippen molar-refractivity contribution < 1.29 is 19.1 Å². The van der Waals surface area contributed by atoms with Gasteiger partial charge in [0.25, 0.3) is 0 Å². The van der Waals surface area contributed by atoms with Gasteiger partial charge in [0.15, 0.2) is 11.6 Å². The Hall–Kier alpha value is -2.96. The molecule has 2 aromatic rings. The normalized spacial score (nSPS) is 10.1. The van der Waals surface area contributed by atoms with E-state index in [2.05, 4.69) is 15.5 Å². The van der Waals surface area contributed by atoms with Gasteiger partial charge in [0.05, 0.1) is 19.2 Å². The van der Waals surface area contributed by atoms with Gasteiger partial charge in [-0.1, -0.05) is 0 Å². The van der Waals surface area contributed by atoms with E-state index >= 15 is 0 Å². The Labute approximate surface area is 126 Å². The van der Waals surface area contributed by atoms with E-state index in [1.165, 1.54) is 0 Å². The third-order valence-corrected chi connectivity index (χ3v) is 2.96. The van der Waals surface area contributed by atoms with Gasteiger partial charge in [-0.25, -0.2) is 0 Å². The average molecular weight is 301 g/mol. The molecule has 0 aliphatic heterocycles. The van der Waals surface area contributed by atoms with E-state index in [0.717, 1.165) is 18.2 Å². The fourth-order valence-corrected chi connectivity index (χ4v) is 1.76. The fourth-order valence-electron chi connectivity index (χ4n) is 1.76. The zero-order valence-electron chi connectivity index (χ0n) is 12.2. The second-order valence-corrected chi connectivity index (χ2v) is 4.60. The molecule has 1 aromatic carbocycles. The number of hydrogen-bond donors (Lipinski definition) is 2. The highest BCUT2D eigenvalue weighted by Gasteiger charge is 2.15. The number of aromatic nitrogens is 2. The van der Waals surface area contributed by atoms with Gasteiger partial charge in [-0.05, 0) is 29.8 Å². The number of H-pyrrole nitrogens is 1. The third-order valence-electron chi connectivity index (χ3n) is 2.96. The molecule has 7 heteroatoms. The molecule has 0 bridgehead atoms. The molecular formula is C15H15N3O4. The molecule has 2 rings (SSSR count). The van der Waals surface area contributed by atoms with E-state index in [1.54, 1.807) is 25.3 Å². The molecule has 2 N–H and O–H groups in total. The topological polar surface area (TPSA) is 101 Å². The lowest BCUT2D eigenvalue weighted by Crippen LogP contribution is -2.20. The number of rotatable bonds is 6. The number of Topliss-reactive ketones (excluding diaryl/α,β-unsaturated/α-hetero) is 2. The van der Waals surface area contributed by atoms with E-state index in [0.29, 0.717) is 5.69 Å². The van der Waals surface area contributed by atoms with Crippen LogP contribution in [0.25, 0.3) is 11.3 Å². The van der Waals surface area contributed by atoms with Crippen LogP contribution < -0.4 is 10.1 Å². The maximum Gasteiger partial charge on any atom is 0.233 e. The largest absolute Gasteiger partial charge is 0.497 e. The van der Waals surface area contributed by atoms with Crippen LogP contribution in [0.4, 0.5) is 5.82 Å². The Morgan fingerprint density at radius 2 is 1.91 bits per heavy atom. The Kier molecular flexibility index (Phi) is 4.67. The summed E-state index contributed by atoms with van der Waals surface area (Å²) in [6.45, 7) is 1.13. The monoisotopic (exact) mass is 301 g/mol. The first-order chi connectivity index (χ1) is 10.5. The van der Waals surface area contributed by atoms with E-state index in [4.69, 9.17) is 4.74 Å². The summed E-state index contributed by atoms with van der Waals surface area (Å²) in [5.74, 6) is -0.931. The number of nitrogens with zero attached hydrogens (tertiary/aromatic N) is 1. The summed E-state index contributed by atoms with van der Waals surface area (Å²) in [5, 5.41) is 9.19. The van der Waals surface area contributed by atoms with Gasteiger partial charge < -0.3 is 10.1 Å². The maximum absolute atomic E-state index is 11.6. The number of carbonyl (C=O) groups excluding carboxylic acids is 3. The number of ketones is 2. The van der Waals surface area contributed by atoms with Crippen LogP contribution in [0.1, 0.15) is 13.3 Å². The van der Waals surface area contributed by atoms with Crippen molar-refractivity contribution in [2.24, 2.45) is 0 Å². The molecule has 0 spiro atoms. The lowest BCUT2D eigenvalue weighted by Gasteiger charge is -2.00. The summed E-state index contributed by atoms with van der Waals surface area (Å²) < 4.78 is 5.08. The van der Waals surface area contributed by atoms with Crippen molar-refractivity contribution in [2.75, 3.05) is 12.4 Å². The van der Waals surface area contributed by atoms with E-state index in [-0.39, 0.29) is 5.82 Å². The van der Waals surface area contributed by atoms with Crippen LogP contribution in [0.5, 0.6) is 5.75 Å². The molecule has 7 nitrogen and oxygen atoms in total. The number of ether oxygens (including phenoxy) is 1. The molecule has 0 unspecified atom stereocenters. The van der Waals surface area contributed by atoms with Crippen LogP contribution in [0.2, 0.25) is 0 Å². The fraction of sp³-hybridized carbons (Fsp3) is 0.200. The Morgan fingerprint density at radius 3 is 2.50 bits per heavy atom. The van der Waals surface area contributed by atoms with Crippen molar-refractivity contribution in [3.63, 3.8) is 0 Å². The van der Waals surface area contributed by atoms with Gasteiger partial charge in [0, 0.05) is 13.0 Å². The highest BCUT2D eigenvalue weighted by atomic mass is 16.5. The van der Waals surface area contributed by atoms with Crippen LogP contribution >= 0.6 is 0 Å². The highest BCUT2D eigenvalue weighted by Crippen LogP contribution is 2.22. The first-order valence-electron chi connectivity index (χ1n) is 6.53. The molecule has 0 saturated carbocycles. The van der Waals surface area contributed by atoms with Gasteiger partial charge in [-0.2, -0.15) is 5.10 Å². The van der Waals surface area contributed by atoms with Crippen molar-refractivity contribution in [1.82, 2.24) is 10.2 Å². The molecule has 0 aliphatic rings. The van der Waals surface area contributed by atoms with Crippen LogP contribution in [0.3, 0.4) is 0 Å². The zero-order chi connectivity index (χ0) is 16.1. The predicted molar refractivity (Wildman–Crippen MR) is 79.5 cm³/mol. The Balaban J connectivity index is 2.03. The number of carbonyl (C=O) groups is 3. The number of amides is 1. The Morgan fingerprint density at radius 1 is 1.23 bits per heavy atom. The molecule has 0 fully saturated rings. The van der Waals surface area contributed by atoms with Crippen molar-refractivity contribution in [2.45, 2.75) is 13.3 Å². The third kappa shape index (κ3) is 3.78. The van der Waals surface area contributed by atoms with Crippen molar-refractivity contribution >= 4 is 23.3 Å². The average Bonchev–Trinajstić information content (AvgIpc) is 2.95. The minimum Gasteiger partial charge on any atom is -0.497 e. The Bertz CT molecular complexity index is 704. The smallest absolute Gasteiger partial charge is 0.233 e. The van der Waals surface area contributed by atoms with Crippen molar-refractivity contribution in [3.8, 4) is 17.0 Å². The first-order valence-corrected chi connectivity index (χ1v) is 6.53. The molecule has 114 valence electrons. The minimum absolute atomic E-state index is 0.284. The van der Waals surface area contributed by atoms with Crippen LogP contribution in [0.15, 0.2) is 30.3 Å². The second-order valence-electron chi connectivity index (χ2n) is 4.60. The van der Waals surface area contributed by atoms with Gasteiger partial charge in [-0.3, -0.25) is 19.5 Å². The van der Waals surface area contributed by atoms with Gasteiger partial charge >= 0.3 is 0 Å². The van der Waals surface area contributed by atoms with Gasteiger partial charge in [0.2, 0.25) is 11.7 Å². The molecule has 1 aromatic heterocycles. The SMILES string of the molecule is COc1ccc(-c2cc(NC(=O)CC(=O)C(C)=O)n[nH]2)cc1. The number of aromatic amines is 1. The number of hydrogen-bond acceptors (Lipinski definition) is 5. The summed E-state index contributed by atoms with van der Waals surface area (Å²) in [6.07, 6.45) is -0.486. The van der Waals surface area contributed by atoms with Gasteiger partial charge in [0.1, 0.15) is 5.75 Å². The van der Waals surface area contributed by atoms with E-state index < -0.39 is 23.9 Å². The molecular weight excluding hydrogens is 286 g/mol. The summed E-state index contributed by atoms with van der Waals surface area (Å²) in [4.78, 5) is 33.6. The second kappa shape index (κ2) is 6.66. The summed E-state index contributed by atoms with van der Waals surface area (Å²) in [7, 11) is 1.58. The quantitative estimate of drug-likeness (QED) is 0.623. The van der Waals surface area contributed by atoms with E-state index in [1.807, 2.05) is 12.1 Å². The first kappa shape index (κ1) is 15.4. The van der Waals surface area contributed by atoms with Gasteiger partial charge in [-0.15, -0.1) is 0 Å². The summed E-state index contributed by atoms with van der Waals surface area (Å²) in [5.41, 5.74) is 1.57. The number of benzene rings is 1. The molecule has 1 heterocycles. The lowest BCUT2D eigenvalue weighted by atomic mass is 10.1. The minimum atomic E-state index is -0.733. The standard InChI is InChI=1S/C15H15N3O4/c1-9(19)13(20)8-15(21)16-14-7-12(17-18-14)10-3-5-11(22-2)6-4-10/h3-7H,8H2,1-2H3,(H2,16,17,18,21). The molecule has 0 saturated heterocycles. The lowest BCUT2D eigenvalue weighted by molar-refractivity contribution is -0.137.